The fourth-order valence-electron chi connectivity index (χ4n) is 9.02. The zero-order valence-electron chi connectivity index (χ0n) is 19.7. The van der Waals surface area contributed by atoms with E-state index in [2.05, 4.69) is 26.1 Å². The maximum atomic E-state index is 12.0. The van der Waals surface area contributed by atoms with Gasteiger partial charge in [-0.05, 0) is 111 Å². The van der Waals surface area contributed by atoms with Gasteiger partial charge >= 0.3 is 0 Å². The normalized spacial score (nSPS) is 48.9. The van der Waals surface area contributed by atoms with Crippen LogP contribution in [-0.4, -0.2) is 34.9 Å². The number of amides is 1. The summed E-state index contributed by atoms with van der Waals surface area (Å²) in [5, 5.41) is 24.5. The zero-order valence-corrected chi connectivity index (χ0v) is 19.7. The van der Waals surface area contributed by atoms with Gasteiger partial charge in [-0.2, -0.15) is 0 Å². The first kappa shape index (κ1) is 22.6. The molecule has 5 unspecified atom stereocenters. The number of hydrogen-bond donors (Lipinski definition) is 3. The zero-order chi connectivity index (χ0) is 21.7. The number of nitrogens with one attached hydrogen (secondary N) is 1. The molecule has 4 aliphatic carbocycles. The highest BCUT2D eigenvalue weighted by molar-refractivity contribution is 5.75. The monoisotopic (exact) mass is 419 g/mol. The molecule has 0 aromatic carbocycles. The van der Waals surface area contributed by atoms with Crippen molar-refractivity contribution in [1.82, 2.24) is 5.32 Å². The first-order chi connectivity index (χ1) is 14.2. The third-order valence-electron chi connectivity index (χ3n) is 10.6. The van der Waals surface area contributed by atoms with Gasteiger partial charge in [0, 0.05) is 13.0 Å². The molecule has 4 nitrogen and oxygen atoms in total. The Hall–Kier alpha value is -0.610. The molecule has 0 aromatic rings. The predicted octanol–water partition coefficient (Wildman–Crippen LogP) is 4.53. The Morgan fingerprint density at radius 1 is 1.03 bits per heavy atom. The largest absolute Gasteiger partial charge is 0.393 e. The van der Waals surface area contributed by atoms with Crippen LogP contribution in [0.1, 0.15) is 91.9 Å². The van der Waals surface area contributed by atoms with Gasteiger partial charge < -0.3 is 15.5 Å². The number of carbonyl (C=O) groups excluding carboxylic acids is 1. The number of rotatable bonds is 5. The third-order valence-corrected chi connectivity index (χ3v) is 10.6. The molecule has 4 aliphatic rings. The van der Waals surface area contributed by atoms with Crippen molar-refractivity contribution in [3.63, 3.8) is 0 Å². The molecule has 172 valence electrons. The summed E-state index contributed by atoms with van der Waals surface area (Å²) in [6, 6.07) is 0. The molecule has 0 spiro atoms. The van der Waals surface area contributed by atoms with Crippen molar-refractivity contribution < 1.29 is 15.0 Å². The molecule has 0 bridgehead atoms. The van der Waals surface area contributed by atoms with E-state index in [4.69, 9.17) is 0 Å². The minimum Gasteiger partial charge on any atom is -0.393 e. The Labute approximate surface area is 183 Å². The summed E-state index contributed by atoms with van der Waals surface area (Å²) in [5.74, 6) is 3.57. The lowest BCUT2D eigenvalue weighted by molar-refractivity contribution is -0.174. The molecule has 0 radical (unpaired) electrons. The lowest BCUT2D eigenvalue weighted by atomic mass is 9.43. The first-order valence-electron chi connectivity index (χ1n) is 12.8. The van der Waals surface area contributed by atoms with E-state index >= 15 is 0 Å². The number of hydrogen-bond acceptors (Lipinski definition) is 3. The first-order valence-corrected chi connectivity index (χ1v) is 12.8. The van der Waals surface area contributed by atoms with E-state index in [1.165, 1.54) is 25.7 Å². The molecule has 0 heterocycles. The van der Waals surface area contributed by atoms with Crippen molar-refractivity contribution in [2.24, 2.45) is 46.3 Å². The number of carbonyl (C=O) groups is 1. The topological polar surface area (TPSA) is 69.6 Å². The van der Waals surface area contributed by atoms with Gasteiger partial charge in [-0.1, -0.05) is 20.8 Å². The summed E-state index contributed by atoms with van der Waals surface area (Å²) < 4.78 is 0. The smallest absolute Gasteiger partial charge is 0.219 e. The summed E-state index contributed by atoms with van der Waals surface area (Å²) in [6.45, 7) is 10.1. The van der Waals surface area contributed by atoms with Crippen LogP contribution in [0.5, 0.6) is 0 Å². The molecule has 4 fully saturated rings. The van der Waals surface area contributed by atoms with E-state index in [-0.39, 0.29) is 18.1 Å². The van der Waals surface area contributed by atoms with Gasteiger partial charge in [-0.3, -0.25) is 4.79 Å². The van der Waals surface area contributed by atoms with Gasteiger partial charge in [0.15, 0.2) is 0 Å². The summed E-state index contributed by atoms with van der Waals surface area (Å²) in [5.41, 5.74) is 0.604. The van der Waals surface area contributed by atoms with E-state index in [9.17, 15) is 15.0 Å². The van der Waals surface area contributed by atoms with E-state index in [1.54, 1.807) is 0 Å². The Morgan fingerprint density at radius 3 is 2.47 bits per heavy atom. The predicted molar refractivity (Wildman–Crippen MR) is 120 cm³/mol. The second kappa shape index (κ2) is 8.39. The van der Waals surface area contributed by atoms with Crippen molar-refractivity contribution in [1.29, 1.82) is 0 Å². The Balaban J connectivity index is 1.49. The quantitative estimate of drug-likeness (QED) is 0.613. The lowest BCUT2D eigenvalue weighted by Gasteiger charge is -2.62. The summed E-state index contributed by atoms with van der Waals surface area (Å²) in [6.07, 6.45) is 10.1. The highest BCUT2D eigenvalue weighted by Crippen LogP contribution is 2.68. The van der Waals surface area contributed by atoms with Crippen LogP contribution in [-0.2, 0) is 4.79 Å². The molecule has 0 aromatic heterocycles. The van der Waals surface area contributed by atoms with Gasteiger partial charge in [0.2, 0.25) is 5.91 Å². The molecule has 1 amide bonds. The van der Waals surface area contributed by atoms with Gasteiger partial charge in [0.1, 0.15) is 0 Å². The maximum absolute atomic E-state index is 12.0. The van der Waals surface area contributed by atoms with Gasteiger partial charge in [0.25, 0.3) is 0 Å². The molecular formula is C26H45NO3. The molecule has 0 saturated heterocycles. The highest BCUT2D eigenvalue weighted by Gasteiger charge is 2.62. The standard InChI is InChI=1S/C26H45NO3/c1-5-27-23(30)9-6-16(2)19-7-8-20-24-21(11-13-26(19,20)4)25(3)12-10-18(28)14-17(25)15-22(24)29/h16-22,24,28-29H,5-15H2,1-4H3,(H,27,30)/t16-,17-,18+,19?,20?,21?,22?,24?,25-,26+/m0/s1. The molecular weight excluding hydrogens is 374 g/mol. The van der Waals surface area contributed by atoms with E-state index in [0.29, 0.717) is 59.3 Å². The van der Waals surface area contributed by atoms with Crippen LogP contribution in [0.3, 0.4) is 0 Å². The van der Waals surface area contributed by atoms with Crippen LogP contribution in [0.2, 0.25) is 0 Å². The van der Waals surface area contributed by atoms with E-state index < -0.39 is 0 Å². The maximum Gasteiger partial charge on any atom is 0.219 e. The van der Waals surface area contributed by atoms with E-state index in [0.717, 1.165) is 32.1 Å². The number of aliphatic hydroxyl groups excluding tert-OH is 2. The Kier molecular flexibility index (Phi) is 6.31. The van der Waals surface area contributed by atoms with Crippen LogP contribution in [0, 0.1) is 46.3 Å². The summed E-state index contributed by atoms with van der Waals surface area (Å²) >= 11 is 0. The SMILES string of the molecule is CCNC(=O)CC[C@H](C)C1CCC2C3C(O)C[C@@H]4C[C@H](O)CC[C@]4(C)C3CC[C@@]21C. The van der Waals surface area contributed by atoms with Crippen LogP contribution in [0.4, 0.5) is 0 Å². The second-order valence-electron chi connectivity index (χ2n) is 11.9. The van der Waals surface area contributed by atoms with Crippen LogP contribution in [0.15, 0.2) is 0 Å². The fraction of sp³-hybridized carbons (Fsp3) is 0.962. The molecule has 0 aliphatic heterocycles. The average Bonchev–Trinajstić information content (AvgIpc) is 3.05. The molecule has 3 N–H and O–H groups in total. The third kappa shape index (κ3) is 3.64. The van der Waals surface area contributed by atoms with Crippen molar-refractivity contribution in [3.8, 4) is 0 Å². The van der Waals surface area contributed by atoms with Gasteiger partial charge in [0.05, 0.1) is 12.2 Å². The van der Waals surface area contributed by atoms with Crippen molar-refractivity contribution in [2.75, 3.05) is 6.54 Å². The number of aliphatic hydroxyl groups is 2. The van der Waals surface area contributed by atoms with Crippen LogP contribution < -0.4 is 5.32 Å². The van der Waals surface area contributed by atoms with Crippen molar-refractivity contribution >= 4 is 5.91 Å². The Morgan fingerprint density at radius 2 is 1.73 bits per heavy atom. The molecule has 30 heavy (non-hydrogen) atoms. The summed E-state index contributed by atoms with van der Waals surface area (Å²) in [7, 11) is 0. The van der Waals surface area contributed by atoms with Crippen LogP contribution >= 0.6 is 0 Å². The summed E-state index contributed by atoms with van der Waals surface area (Å²) in [4.78, 5) is 12.0. The second-order valence-corrected chi connectivity index (χ2v) is 11.9. The fourth-order valence-corrected chi connectivity index (χ4v) is 9.02. The van der Waals surface area contributed by atoms with E-state index in [1.807, 2.05) is 6.92 Å². The average molecular weight is 420 g/mol. The molecule has 4 heteroatoms. The molecule has 4 rings (SSSR count). The van der Waals surface area contributed by atoms with Gasteiger partial charge in [-0.15, -0.1) is 0 Å². The van der Waals surface area contributed by atoms with Crippen molar-refractivity contribution in [2.45, 2.75) is 104 Å². The highest BCUT2D eigenvalue weighted by atomic mass is 16.3. The Bertz CT molecular complexity index is 638. The minimum absolute atomic E-state index is 0.165. The van der Waals surface area contributed by atoms with Crippen molar-refractivity contribution in [3.05, 3.63) is 0 Å². The van der Waals surface area contributed by atoms with Crippen LogP contribution in [0.25, 0.3) is 0 Å². The van der Waals surface area contributed by atoms with Gasteiger partial charge in [-0.25, -0.2) is 0 Å². The molecule has 10 atom stereocenters. The minimum atomic E-state index is -0.201. The lowest BCUT2D eigenvalue weighted by Crippen LogP contribution is -2.58. The molecule has 4 saturated carbocycles. The number of fused-ring (bicyclic) bond motifs is 5.